The van der Waals surface area contributed by atoms with Crippen LogP contribution in [0.2, 0.25) is 0 Å². The molecular weight excluding hydrogens is 254 g/mol. The summed E-state index contributed by atoms with van der Waals surface area (Å²) in [6.07, 6.45) is 1.18. The summed E-state index contributed by atoms with van der Waals surface area (Å²) in [5.74, 6) is -1.46. The summed E-state index contributed by atoms with van der Waals surface area (Å²) in [6, 6.07) is 7.46. The van der Waals surface area contributed by atoms with E-state index < -0.39 is 11.9 Å². The highest BCUT2D eigenvalue weighted by Gasteiger charge is 2.42. The van der Waals surface area contributed by atoms with Crippen molar-refractivity contribution < 1.29 is 14.7 Å². The Hall–Kier alpha value is -1.84. The number of anilines is 1. The zero-order valence-corrected chi connectivity index (χ0v) is 12.2. The number of rotatable bonds is 3. The van der Waals surface area contributed by atoms with Gasteiger partial charge >= 0.3 is 5.97 Å². The van der Waals surface area contributed by atoms with Gasteiger partial charge in [0.2, 0.25) is 5.91 Å². The number of amides is 1. The van der Waals surface area contributed by atoms with Gasteiger partial charge in [-0.1, -0.05) is 26.0 Å². The number of piperidine rings is 1. The maximum Gasteiger partial charge on any atom is 0.308 e. The van der Waals surface area contributed by atoms with Gasteiger partial charge in [-0.05, 0) is 37.0 Å². The van der Waals surface area contributed by atoms with Crippen LogP contribution in [0.1, 0.15) is 32.8 Å². The van der Waals surface area contributed by atoms with Gasteiger partial charge in [0.05, 0.1) is 5.92 Å². The highest BCUT2D eigenvalue weighted by Crippen LogP contribution is 2.33. The number of carboxylic acids is 1. The maximum absolute atomic E-state index is 12.3. The highest BCUT2D eigenvalue weighted by atomic mass is 16.4. The molecule has 1 aromatic carbocycles. The van der Waals surface area contributed by atoms with Crippen LogP contribution in [-0.4, -0.2) is 23.0 Å². The second-order valence-electron chi connectivity index (χ2n) is 5.57. The molecule has 4 heteroatoms. The number of nitrogens with zero attached hydrogens (tertiary/aromatic N) is 1. The fourth-order valence-electron chi connectivity index (χ4n) is 3.12. The van der Waals surface area contributed by atoms with Crippen LogP contribution < -0.4 is 4.90 Å². The van der Waals surface area contributed by atoms with Crippen molar-refractivity contribution in [2.75, 3.05) is 4.90 Å². The molecule has 1 saturated heterocycles. The monoisotopic (exact) mass is 275 g/mol. The van der Waals surface area contributed by atoms with Gasteiger partial charge in [0.1, 0.15) is 0 Å². The molecule has 1 aliphatic rings. The molecule has 20 heavy (non-hydrogen) atoms. The first-order valence-electron chi connectivity index (χ1n) is 7.09. The first-order valence-corrected chi connectivity index (χ1v) is 7.09. The van der Waals surface area contributed by atoms with E-state index in [2.05, 4.69) is 6.92 Å². The highest BCUT2D eigenvalue weighted by molar-refractivity contribution is 5.96. The van der Waals surface area contributed by atoms with Crippen molar-refractivity contribution in [1.82, 2.24) is 0 Å². The van der Waals surface area contributed by atoms with Gasteiger partial charge in [-0.3, -0.25) is 9.59 Å². The minimum atomic E-state index is -0.825. The third kappa shape index (κ3) is 2.55. The molecule has 108 valence electrons. The lowest BCUT2D eigenvalue weighted by Crippen LogP contribution is -2.53. The number of carbonyl (C=O) groups is 2. The Kier molecular flexibility index (Phi) is 4.12. The molecule has 1 aromatic rings. The normalized spacial score (nSPS) is 26.6. The summed E-state index contributed by atoms with van der Waals surface area (Å²) < 4.78 is 0. The van der Waals surface area contributed by atoms with E-state index in [-0.39, 0.29) is 24.3 Å². The van der Waals surface area contributed by atoms with E-state index in [1.165, 1.54) is 0 Å². The van der Waals surface area contributed by atoms with Crippen LogP contribution in [-0.2, 0) is 16.0 Å². The Morgan fingerprint density at radius 2 is 2.10 bits per heavy atom. The fraction of sp³-hybridized carbons (Fsp3) is 0.500. The van der Waals surface area contributed by atoms with Crippen LogP contribution in [0.15, 0.2) is 24.3 Å². The standard InChI is InChI=1S/C16H21NO3/c1-4-12-6-5-7-13(9-12)17-11(3)15(16(19)20)10(2)8-14(17)18/h5-7,9-11,15H,4,8H2,1-3H3,(H,19,20). The van der Waals surface area contributed by atoms with Crippen molar-refractivity contribution >= 4 is 17.6 Å². The molecule has 1 fully saturated rings. The lowest BCUT2D eigenvalue weighted by Gasteiger charge is -2.40. The van der Waals surface area contributed by atoms with Crippen LogP contribution >= 0.6 is 0 Å². The molecular formula is C16H21NO3. The van der Waals surface area contributed by atoms with Crippen LogP contribution in [0.4, 0.5) is 5.69 Å². The summed E-state index contributed by atoms with van der Waals surface area (Å²) in [6.45, 7) is 5.72. The van der Waals surface area contributed by atoms with Crippen LogP contribution in [0.5, 0.6) is 0 Å². The average molecular weight is 275 g/mol. The maximum atomic E-state index is 12.3. The number of hydrogen-bond acceptors (Lipinski definition) is 2. The second-order valence-corrected chi connectivity index (χ2v) is 5.57. The summed E-state index contributed by atoms with van der Waals surface area (Å²) in [7, 11) is 0. The fourth-order valence-corrected chi connectivity index (χ4v) is 3.12. The summed E-state index contributed by atoms with van der Waals surface area (Å²) in [5, 5.41) is 9.39. The third-order valence-electron chi connectivity index (χ3n) is 4.19. The van der Waals surface area contributed by atoms with Crippen LogP contribution in [0.3, 0.4) is 0 Å². The van der Waals surface area contributed by atoms with Crippen LogP contribution in [0.25, 0.3) is 0 Å². The summed E-state index contributed by atoms with van der Waals surface area (Å²) in [4.78, 5) is 25.4. The summed E-state index contributed by atoms with van der Waals surface area (Å²) >= 11 is 0. The average Bonchev–Trinajstić information content (AvgIpc) is 2.37. The molecule has 1 amide bonds. The molecule has 4 nitrogen and oxygen atoms in total. The zero-order valence-electron chi connectivity index (χ0n) is 12.2. The smallest absolute Gasteiger partial charge is 0.308 e. The van der Waals surface area contributed by atoms with Crippen molar-refractivity contribution in [2.24, 2.45) is 11.8 Å². The quantitative estimate of drug-likeness (QED) is 0.922. The van der Waals surface area contributed by atoms with Gasteiger partial charge in [0.15, 0.2) is 0 Å². The Morgan fingerprint density at radius 1 is 1.40 bits per heavy atom. The molecule has 1 aliphatic heterocycles. The Bertz CT molecular complexity index is 526. The number of hydrogen-bond donors (Lipinski definition) is 1. The molecule has 1 N–H and O–H groups in total. The molecule has 0 saturated carbocycles. The molecule has 0 aromatic heterocycles. The number of benzene rings is 1. The van der Waals surface area contributed by atoms with Crippen LogP contribution in [0, 0.1) is 11.8 Å². The van der Waals surface area contributed by atoms with Gasteiger partial charge < -0.3 is 10.0 Å². The molecule has 3 atom stereocenters. The Morgan fingerprint density at radius 3 is 2.70 bits per heavy atom. The van der Waals surface area contributed by atoms with Crippen molar-refractivity contribution in [1.29, 1.82) is 0 Å². The van der Waals surface area contributed by atoms with Gasteiger partial charge in [0, 0.05) is 18.2 Å². The van der Waals surface area contributed by atoms with Crippen molar-refractivity contribution in [3.63, 3.8) is 0 Å². The minimum Gasteiger partial charge on any atom is -0.481 e. The molecule has 3 unspecified atom stereocenters. The predicted molar refractivity (Wildman–Crippen MR) is 77.7 cm³/mol. The topological polar surface area (TPSA) is 57.6 Å². The van der Waals surface area contributed by atoms with E-state index in [1.807, 2.05) is 38.1 Å². The predicted octanol–water partition coefficient (Wildman–Crippen LogP) is 2.71. The molecule has 0 bridgehead atoms. The van der Waals surface area contributed by atoms with Crippen molar-refractivity contribution in [3.05, 3.63) is 29.8 Å². The van der Waals surface area contributed by atoms with E-state index in [0.717, 1.165) is 17.7 Å². The summed E-state index contributed by atoms with van der Waals surface area (Å²) in [5.41, 5.74) is 1.95. The lowest BCUT2D eigenvalue weighted by molar-refractivity contribution is -0.146. The first kappa shape index (κ1) is 14.6. The first-order chi connectivity index (χ1) is 9.45. The zero-order chi connectivity index (χ0) is 14.9. The van der Waals surface area contributed by atoms with Gasteiger partial charge in [-0.25, -0.2) is 0 Å². The van der Waals surface area contributed by atoms with Gasteiger partial charge in [-0.2, -0.15) is 0 Å². The minimum absolute atomic E-state index is 0.00996. The molecule has 0 aliphatic carbocycles. The molecule has 0 spiro atoms. The van der Waals surface area contributed by atoms with E-state index in [9.17, 15) is 14.7 Å². The number of aryl methyl sites for hydroxylation is 1. The Labute approximate surface area is 119 Å². The van der Waals surface area contributed by atoms with E-state index in [4.69, 9.17) is 0 Å². The largest absolute Gasteiger partial charge is 0.481 e. The lowest BCUT2D eigenvalue weighted by atomic mass is 9.80. The van der Waals surface area contributed by atoms with Crippen molar-refractivity contribution in [2.45, 2.75) is 39.7 Å². The second kappa shape index (κ2) is 5.65. The molecule has 1 heterocycles. The van der Waals surface area contributed by atoms with E-state index in [1.54, 1.807) is 4.90 Å². The SMILES string of the molecule is CCc1cccc(N2C(=O)CC(C)C(C(=O)O)C2C)c1. The third-order valence-corrected chi connectivity index (χ3v) is 4.19. The van der Waals surface area contributed by atoms with Crippen molar-refractivity contribution in [3.8, 4) is 0 Å². The van der Waals surface area contributed by atoms with E-state index >= 15 is 0 Å². The molecule has 2 rings (SSSR count). The van der Waals surface area contributed by atoms with E-state index in [0.29, 0.717) is 0 Å². The molecule has 0 radical (unpaired) electrons. The van der Waals surface area contributed by atoms with Gasteiger partial charge in [0.25, 0.3) is 0 Å². The van der Waals surface area contributed by atoms with Gasteiger partial charge in [-0.15, -0.1) is 0 Å². The number of carboxylic acid groups (broad SMARTS) is 1. The Balaban J connectivity index is 2.38. The number of carbonyl (C=O) groups excluding carboxylic acids is 1. The number of aliphatic carboxylic acids is 1.